The summed E-state index contributed by atoms with van der Waals surface area (Å²) >= 11 is 0. The van der Waals surface area contributed by atoms with Crippen LogP contribution < -0.4 is 16.4 Å². The van der Waals surface area contributed by atoms with E-state index in [-0.39, 0.29) is 35.8 Å². The minimum Gasteiger partial charge on any atom is -0.369 e. The molecule has 0 aliphatic carbocycles. The van der Waals surface area contributed by atoms with Crippen LogP contribution >= 0.6 is 24.0 Å². The molecule has 1 aromatic rings. The van der Waals surface area contributed by atoms with Crippen LogP contribution in [0.4, 0.5) is 0 Å². The number of amides is 1. The third-order valence-electron chi connectivity index (χ3n) is 5.50. The first kappa shape index (κ1) is 25.7. The van der Waals surface area contributed by atoms with Crippen LogP contribution in [0.15, 0.2) is 35.3 Å². The molecule has 6 nitrogen and oxygen atoms in total. The molecule has 1 amide bonds. The Morgan fingerprint density at radius 1 is 1.24 bits per heavy atom. The topological polar surface area (TPSA) is 82.8 Å². The maximum absolute atomic E-state index is 11.2. The summed E-state index contributed by atoms with van der Waals surface area (Å²) in [7, 11) is 1.82. The van der Waals surface area contributed by atoms with Gasteiger partial charge in [0, 0.05) is 25.6 Å². The quantitative estimate of drug-likeness (QED) is 0.194. The van der Waals surface area contributed by atoms with E-state index in [2.05, 4.69) is 57.8 Å². The molecule has 1 atom stereocenters. The molecule has 1 aromatic carbocycles. The average molecular weight is 515 g/mol. The number of nitrogens with two attached hydrogens (primary N) is 1. The van der Waals surface area contributed by atoms with Crippen molar-refractivity contribution < 1.29 is 4.79 Å². The number of nitrogens with one attached hydrogen (secondary N) is 2. The maximum Gasteiger partial charge on any atom is 0.220 e. The summed E-state index contributed by atoms with van der Waals surface area (Å²) in [5.74, 6) is 0.819. The highest BCUT2D eigenvalue weighted by Crippen LogP contribution is 2.16. The molecule has 4 N–H and O–H groups in total. The first-order valence-electron chi connectivity index (χ1n) is 10.6. The standard InChI is InChI=1S/C22H37N5O.HI/c1-18(10-11-19-8-4-3-5-9-19)26-22(24-2)25-14-6-7-15-27-16-12-20(13-17-27)21(23)28;/h3-5,8-9,18,20H,6-7,10-17H2,1-2H3,(H2,23,28)(H2,24,25,26);1H. The van der Waals surface area contributed by atoms with Crippen molar-refractivity contribution >= 4 is 35.8 Å². The van der Waals surface area contributed by atoms with Gasteiger partial charge in [-0.3, -0.25) is 9.79 Å². The summed E-state index contributed by atoms with van der Waals surface area (Å²) in [5, 5.41) is 6.89. The molecular weight excluding hydrogens is 477 g/mol. The normalized spacial score (nSPS) is 16.7. The summed E-state index contributed by atoms with van der Waals surface area (Å²) in [4.78, 5) is 18.0. The predicted molar refractivity (Wildman–Crippen MR) is 132 cm³/mol. The largest absolute Gasteiger partial charge is 0.369 e. The van der Waals surface area contributed by atoms with Crippen molar-refractivity contribution in [3.8, 4) is 0 Å². The molecule has 2 rings (SSSR count). The Morgan fingerprint density at radius 3 is 2.55 bits per heavy atom. The SMILES string of the molecule is CN=C(NCCCCN1CCC(C(N)=O)CC1)NC(C)CCc1ccccc1.I. The van der Waals surface area contributed by atoms with Crippen LogP contribution in [0.3, 0.4) is 0 Å². The number of aliphatic imine (C=N–C) groups is 1. The second-order valence-corrected chi connectivity index (χ2v) is 7.79. The number of carbonyl (C=O) groups is 1. The maximum atomic E-state index is 11.2. The molecule has 1 aliphatic heterocycles. The third kappa shape index (κ3) is 10.3. The Balaban J connectivity index is 0.00000420. The Labute approximate surface area is 193 Å². The smallest absolute Gasteiger partial charge is 0.220 e. The van der Waals surface area contributed by atoms with Gasteiger partial charge in [-0.2, -0.15) is 0 Å². The van der Waals surface area contributed by atoms with Gasteiger partial charge in [0.25, 0.3) is 0 Å². The zero-order chi connectivity index (χ0) is 20.2. The van der Waals surface area contributed by atoms with Crippen molar-refractivity contribution in [2.45, 2.75) is 51.5 Å². The van der Waals surface area contributed by atoms with Crippen LogP contribution in [0, 0.1) is 5.92 Å². The molecule has 1 heterocycles. The van der Waals surface area contributed by atoms with Crippen molar-refractivity contribution in [3.63, 3.8) is 0 Å². The van der Waals surface area contributed by atoms with Crippen molar-refractivity contribution in [2.24, 2.45) is 16.6 Å². The van der Waals surface area contributed by atoms with Crippen molar-refractivity contribution in [1.29, 1.82) is 0 Å². The van der Waals surface area contributed by atoms with E-state index in [1.165, 1.54) is 5.56 Å². The number of guanidine groups is 1. The van der Waals surface area contributed by atoms with E-state index in [0.29, 0.717) is 6.04 Å². The zero-order valence-corrected chi connectivity index (χ0v) is 20.2. The molecule has 1 saturated heterocycles. The number of likely N-dealkylation sites (tertiary alicyclic amines) is 1. The molecule has 0 radical (unpaired) electrons. The van der Waals surface area contributed by atoms with Gasteiger partial charge < -0.3 is 21.3 Å². The number of piperidine rings is 1. The van der Waals surface area contributed by atoms with Crippen LogP contribution in [0.2, 0.25) is 0 Å². The van der Waals surface area contributed by atoms with E-state index in [4.69, 9.17) is 5.73 Å². The summed E-state index contributed by atoms with van der Waals surface area (Å²) in [6.07, 6.45) is 6.21. The van der Waals surface area contributed by atoms with Crippen LogP contribution in [-0.2, 0) is 11.2 Å². The van der Waals surface area contributed by atoms with Gasteiger partial charge in [-0.25, -0.2) is 0 Å². The Hall–Kier alpha value is -1.35. The molecule has 1 fully saturated rings. The summed E-state index contributed by atoms with van der Waals surface area (Å²) in [6.45, 7) is 6.19. The van der Waals surface area contributed by atoms with Crippen molar-refractivity contribution in [3.05, 3.63) is 35.9 Å². The minimum atomic E-state index is -0.138. The fourth-order valence-electron chi connectivity index (χ4n) is 3.64. The van der Waals surface area contributed by atoms with Gasteiger partial charge in [0.1, 0.15) is 0 Å². The number of aryl methyl sites for hydroxylation is 1. The van der Waals surface area contributed by atoms with Crippen molar-refractivity contribution in [1.82, 2.24) is 15.5 Å². The number of hydrogen-bond acceptors (Lipinski definition) is 3. The lowest BCUT2D eigenvalue weighted by molar-refractivity contribution is -0.123. The van der Waals surface area contributed by atoms with Gasteiger partial charge >= 0.3 is 0 Å². The molecule has 164 valence electrons. The predicted octanol–water partition coefficient (Wildman–Crippen LogP) is 2.77. The van der Waals surface area contributed by atoms with Gasteiger partial charge in [0.05, 0.1) is 0 Å². The monoisotopic (exact) mass is 515 g/mol. The fourth-order valence-corrected chi connectivity index (χ4v) is 3.64. The van der Waals surface area contributed by atoms with Gasteiger partial charge in [-0.15, -0.1) is 24.0 Å². The second-order valence-electron chi connectivity index (χ2n) is 7.79. The third-order valence-corrected chi connectivity index (χ3v) is 5.50. The molecular formula is C22H38IN5O. The molecule has 29 heavy (non-hydrogen) atoms. The van der Waals surface area contributed by atoms with E-state index in [1.807, 2.05) is 7.05 Å². The summed E-state index contributed by atoms with van der Waals surface area (Å²) in [6, 6.07) is 11.0. The number of hydrogen-bond donors (Lipinski definition) is 3. The number of primary amides is 1. The Morgan fingerprint density at radius 2 is 1.93 bits per heavy atom. The van der Waals surface area contributed by atoms with Crippen LogP contribution in [0.25, 0.3) is 0 Å². The first-order valence-corrected chi connectivity index (χ1v) is 10.6. The van der Waals surface area contributed by atoms with Gasteiger partial charge in [0.15, 0.2) is 5.96 Å². The lowest BCUT2D eigenvalue weighted by Gasteiger charge is -2.30. The first-order chi connectivity index (χ1) is 13.6. The molecule has 7 heteroatoms. The van der Waals surface area contributed by atoms with Crippen LogP contribution in [0.1, 0.15) is 44.6 Å². The second kappa shape index (κ2) is 14.6. The Bertz CT molecular complexity index is 602. The molecule has 1 unspecified atom stereocenters. The van der Waals surface area contributed by atoms with Crippen LogP contribution in [0.5, 0.6) is 0 Å². The van der Waals surface area contributed by atoms with Gasteiger partial charge in [-0.05, 0) is 70.6 Å². The number of carbonyl (C=O) groups excluding carboxylic acids is 1. The van der Waals surface area contributed by atoms with E-state index >= 15 is 0 Å². The Kier molecular flexibility index (Phi) is 12.9. The number of unbranched alkanes of at least 4 members (excludes halogenated alkanes) is 1. The van der Waals surface area contributed by atoms with Crippen molar-refractivity contribution in [2.75, 3.05) is 33.2 Å². The van der Waals surface area contributed by atoms with Gasteiger partial charge in [-0.1, -0.05) is 30.3 Å². The zero-order valence-electron chi connectivity index (χ0n) is 17.9. The molecule has 0 spiro atoms. The fraction of sp³-hybridized carbons (Fsp3) is 0.636. The van der Waals surface area contributed by atoms with E-state index in [1.54, 1.807) is 0 Å². The highest BCUT2D eigenvalue weighted by atomic mass is 127. The lowest BCUT2D eigenvalue weighted by atomic mass is 9.96. The number of rotatable bonds is 10. The average Bonchev–Trinajstić information content (AvgIpc) is 2.72. The number of halogens is 1. The van der Waals surface area contributed by atoms with E-state index in [9.17, 15) is 4.79 Å². The number of benzene rings is 1. The minimum absolute atomic E-state index is 0. The molecule has 0 bridgehead atoms. The van der Waals surface area contributed by atoms with E-state index < -0.39 is 0 Å². The summed E-state index contributed by atoms with van der Waals surface area (Å²) in [5.41, 5.74) is 6.77. The number of nitrogens with zero attached hydrogens (tertiary/aromatic N) is 2. The molecule has 1 aliphatic rings. The van der Waals surface area contributed by atoms with E-state index in [0.717, 1.165) is 70.7 Å². The molecule has 0 aromatic heterocycles. The van der Waals surface area contributed by atoms with Gasteiger partial charge in [0.2, 0.25) is 5.91 Å². The highest BCUT2D eigenvalue weighted by Gasteiger charge is 2.22. The molecule has 0 saturated carbocycles. The van der Waals surface area contributed by atoms with Crippen LogP contribution in [-0.4, -0.2) is 56.0 Å². The lowest BCUT2D eigenvalue weighted by Crippen LogP contribution is -2.43. The highest BCUT2D eigenvalue weighted by molar-refractivity contribution is 14.0. The summed E-state index contributed by atoms with van der Waals surface area (Å²) < 4.78 is 0.